The molecule has 2 aliphatic heterocycles. The Bertz CT molecular complexity index is 576. The molecular weight excluding hydrogens is 328 g/mol. The van der Waals surface area contributed by atoms with Crippen LogP contribution < -0.4 is 5.32 Å². The third-order valence-electron chi connectivity index (χ3n) is 5.34. The Morgan fingerprint density at radius 2 is 1.96 bits per heavy atom. The number of carbonyl (C=O) groups is 1. The van der Waals surface area contributed by atoms with Gasteiger partial charge in [-0.3, -0.25) is 4.79 Å². The third kappa shape index (κ3) is 5.53. The van der Waals surface area contributed by atoms with Crippen LogP contribution in [0.15, 0.2) is 24.3 Å². The van der Waals surface area contributed by atoms with Gasteiger partial charge in [-0.05, 0) is 68.9 Å². The van der Waals surface area contributed by atoms with E-state index in [9.17, 15) is 4.79 Å². The zero-order valence-corrected chi connectivity index (χ0v) is 16.1. The Morgan fingerprint density at radius 1 is 1.23 bits per heavy atom. The van der Waals surface area contributed by atoms with Crippen LogP contribution in [0.1, 0.15) is 51.0 Å². The highest BCUT2D eigenvalue weighted by Gasteiger charge is 2.22. The van der Waals surface area contributed by atoms with E-state index in [0.717, 1.165) is 51.4 Å². The zero-order valence-electron chi connectivity index (χ0n) is 16.1. The molecule has 1 aromatic rings. The van der Waals surface area contributed by atoms with Crippen molar-refractivity contribution in [1.29, 1.82) is 0 Å². The van der Waals surface area contributed by atoms with Gasteiger partial charge in [0.15, 0.2) is 6.29 Å². The Hall–Kier alpha value is -1.43. The number of ether oxygens (including phenoxy) is 2. The number of rotatable bonds is 7. The third-order valence-corrected chi connectivity index (χ3v) is 5.34. The Balaban J connectivity index is 1.43. The number of hydrogen-bond donors (Lipinski definition) is 1. The van der Waals surface area contributed by atoms with Gasteiger partial charge >= 0.3 is 0 Å². The number of nitrogens with one attached hydrogen (secondary N) is 1. The quantitative estimate of drug-likeness (QED) is 0.807. The van der Waals surface area contributed by atoms with Crippen LogP contribution in [0.2, 0.25) is 0 Å². The van der Waals surface area contributed by atoms with Gasteiger partial charge < -0.3 is 19.7 Å². The molecule has 0 unspecified atom stereocenters. The fraction of sp³-hybridized carbons (Fsp3) is 0.667. The first-order valence-electron chi connectivity index (χ1n) is 9.98. The van der Waals surface area contributed by atoms with Crippen LogP contribution in [0.25, 0.3) is 0 Å². The molecule has 5 heteroatoms. The van der Waals surface area contributed by atoms with E-state index in [0.29, 0.717) is 5.92 Å². The van der Waals surface area contributed by atoms with E-state index in [2.05, 4.69) is 28.4 Å². The summed E-state index contributed by atoms with van der Waals surface area (Å²) >= 11 is 0. The molecule has 26 heavy (non-hydrogen) atoms. The van der Waals surface area contributed by atoms with E-state index in [4.69, 9.17) is 9.47 Å². The summed E-state index contributed by atoms with van der Waals surface area (Å²) in [5, 5.41) is 3.01. The summed E-state index contributed by atoms with van der Waals surface area (Å²) in [6, 6.07) is 8.38. The smallest absolute Gasteiger partial charge is 0.226 e. The van der Waals surface area contributed by atoms with E-state index in [1.165, 1.54) is 18.4 Å². The molecule has 2 saturated heterocycles. The number of amides is 1. The van der Waals surface area contributed by atoms with Crippen LogP contribution in [0.5, 0.6) is 0 Å². The number of carbonyl (C=O) groups excluding carboxylic acids is 1. The summed E-state index contributed by atoms with van der Waals surface area (Å²) in [5.74, 6) is 0.665. The molecule has 3 rings (SSSR count). The van der Waals surface area contributed by atoms with Crippen molar-refractivity contribution in [2.75, 3.05) is 38.2 Å². The summed E-state index contributed by atoms with van der Waals surface area (Å²) in [6.07, 6.45) is 4.51. The van der Waals surface area contributed by atoms with Gasteiger partial charge in [0.1, 0.15) is 0 Å². The second kappa shape index (κ2) is 9.49. The Labute approximate surface area is 157 Å². The van der Waals surface area contributed by atoms with Crippen molar-refractivity contribution in [3.63, 3.8) is 0 Å². The Kier molecular flexibility index (Phi) is 7.06. The molecule has 144 valence electrons. The highest BCUT2D eigenvalue weighted by atomic mass is 16.7. The van der Waals surface area contributed by atoms with Gasteiger partial charge in [0, 0.05) is 11.6 Å². The van der Waals surface area contributed by atoms with Crippen LogP contribution in [-0.2, 0) is 14.3 Å². The lowest BCUT2D eigenvalue weighted by molar-refractivity contribution is -0.118. The Morgan fingerprint density at radius 3 is 2.65 bits per heavy atom. The molecule has 2 heterocycles. The lowest BCUT2D eigenvalue weighted by Crippen LogP contribution is -2.34. The van der Waals surface area contributed by atoms with Gasteiger partial charge in [0.05, 0.1) is 13.2 Å². The number of benzene rings is 1. The van der Waals surface area contributed by atoms with Crippen molar-refractivity contribution < 1.29 is 14.3 Å². The van der Waals surface area contributed by atoms with E-state index in [-0.39, 0.29) is 18.1 Å². The average molecular weight is 360 g/mol. The number of likely N-dealkylation sites (tertiary alicyclic amines) is 1. The molecule has 0 spiro atoms. The minimum absolute atomic E-state index is 0.00178. The lowest BCUT2D eigenvalue weighted by atomic mass is 9.89. The molecule has 0 bridgehead atoms. The van der Waals surface area contributed by atoms with Crippen LogP contribution in [0, 0.1) is 5.92 Å². The molecule has 0 saturated carbocycles. The first kappa shape index (κ1) is 19.3. The second-order valence-corrected chi connectivity index (χ2v) is 7.70. The second-order valence-electron chi connectivity index (χ2n) is 7.70. The van der Waals surface area contributed by atoms with Crippen LogP contribution in [-0.4, -0.2) is 49.9 Å². The standard InChI is InChI=1S/C21H32N2O3/c1-16(2)21(24)22-19-6-3-5-18(15-19)17-8-11-23(12-9-17)10-4-7-20-25-13-14-26-20/h3,5-6,15-17,20H,4,7-14H2,1-2H3,(H,22,24). The van der Waals surface area contributed by atoms with Crippen LogP contribution in [0.4, 0.5) is 5.69 Å². The molecule has 0 aliphatic carbocycles. The maximum atomic E-state index is 11.9. The largest absolute Gasteiger partial charge is 0.350 e. The predicted octanol–water partition coefficient (Wildman–Crippen LogP) is 3.61. The molecule has 2 aliphatic rings. The fourth-order valence-corrected chi connectivity index (χ4v) is 3.70. The normalized spacial score (nSPS) is 20.0. The van der Waals surface area contributed by atoms with Gasteiger partial charge in [0.25, 0.3) is 0 Å². The van der Waals surface area contributed by atoms with Crippen LogP contribution >= 0.6 is 0 Å². The maximum Gasteiger partial charge on any atom is 0.226 e. The zero-order chi connectivity index (χ0) is 18.4. The topological polar surface area (TPSA) is 50.8 Å². The van der Waals surface area contributed by atoms with Crippen molar-refractivity contribution in [2.45, 2.75) is 51.7 Å². The summed E-state index contributed by atoms with van der Waals surface area (Å²) in [7, 11) is 0. The molecule has 0 radical (unpaired) electrons. The highest BCUT2D eigenvalue weighted by molar-refractivity contribution is 5.92. The van der Waals surface area contributed by atoms with Crippen molar-refractivity contribution in [1.82, 2.24) is 4.90 Å². The van der Waals surface area contributed by atoms with Crippen molar-refractivity contribution in [3.8, 4) is 0 Å². The van der Waals surface area contributed by atoms with Crippen molar-refractivity contribution >= 4 is 11.6 Å². The van der Waals surface area contributed by atoms with Gasteiger partial charge in [-0.15, -0.1) is 0 Å². The first-order chi connectivity index (χ1) is 12.6. The van der Waals surface area contributed by atoms with Gasteiger partial charge in [-0.25, -0.2) is 0 Å². The molecule has 5 nitrogen and oxygen atoms in total. The molecule has 0 atom stereocenters. The summed E-state index contributed by atoms with van der Waals surface area (Å²) < 4.78 is 11.0. The highest BCUT2D eigenvalue weighted by Crippen LogP contribution is 2.29. The van der Waals surface area contributed by atoms with E-state index < -0.39 is 0 Å². The summed E-state index contributed by atoms with van der Waals surface area (Å²) in [5.41, 5.74) is 2.26. The minimum Gasteiger partial charge on any atom is -0.350 e. The van der Waals surface area contributed by atoms with Crippen LogP contribution in [0.3, 0.4) is 0 Å². The van der Waals surface area contributed by atoms with Gasteiger partial charge in [0.2, 0.25) is 5.91 Å². The monoisotopic (exact) mass is 360 g/mol. The summed E-state index contributed by atoms with van der Waals surface area (Å²) in [6.45, 7) is 8.72. The molecule has 0 aromatic heterocycles. The van der Waals surface area contributed by atoms with E-state index in [1.807, 2.05) is 19.9 Å². The lowest BCUT2D eigenvalue weighted by Gasteiger charge is -2.32. The number of anilines is 1. The van der Waals surface area contributed by atoms with Gasteiger partial charge in [-0.1, -0.05) is 26.0 Å². The first-order valence-corrected chi connectivity index (χ1v) is 9.98. The number of nitrogens with zero attached hydrogens (tertiary/aromatic N) is 1. The minimum atomic E-state index is 0.00178. The average Bonchev–Trinajstić information content (AvgIpc) is 3.16. The molecule has 1 N–H and O–H groups in total. The molecular formula is C21H32N2O3. The maximum absolute atomic E-state index is 11.9. The summed E-state index contributed by atoms with van der Waals surface area (Å²) in [4.78, 5) is 14.5. The molecule has 1 aromatic carbocycles. The van der Waals surface area contributed by atoms with Crippen molar-refractivity contribution in [2.24, 2.45) is 5.92 Å². The number of piperidine rings is 1. The molecule has 1 amide bonds. The van der Waals surface area contributed by atoms with Gasteiger partial charge in [-0.2, -0.15) is 0 Å². The van der Waals surface area contributed by atoms with E-state index >= 15 is 0 Å². The van der Waals surface area contributed by atoms with Crippen molar-refractivity contribution in [3.05, 3.63) is 29.8 Å². The molecule has 2 fully saturated rings. The fourth-order valence-electron chi connectivity index (χ4n) is 3.70. The van der Waals surface area contributed by atoms with E-state index in [1.54, 1.807) is 0 Å². The SMILES string of the molecule is CC(C)C(=O)Nc1cccc(C2CCN(CCCC3OCCO3)CC2)c1. The number of hydrogen-bond acceptors (Lipinski definition) is 4. The predicted molar refractivity (Wildman–Crippen MR) is 103 cm³/mol.